The molecule has 0 saturated heterocycles. The summed E-state index contributed by atoms with van der Waals surface area (Å²) in [6.07, 6.45) is 4.81. The average molecular weight is 403 g/mol. The Labute approximate surface area is 170 Å². The molecule has 4 rings (SSSR count). The lowest BCUT2D eigenvalue weighted by Crippen LogP contribution is -2.23. The molecule has 0 atom stereocenters. The van der Waals surface area contributed by atoms with E-state index < -0.39 is 11.4 Å². The summed E-state index contributed by atoms with van der Waals surface area (Å²) in [6, 6.07) is 16.3. The zero-order valence-corrected chi connectivity index (χ0v) is 15.6. The van der Waals surface area contributed by atoms with Crippen LogP contribution in [0.4, 0.5) is 4.39 Å². The molecule has 7 heteroatoms. The van der Waals surface area contributed by atoms with E-state index in [2.05, 4.69) is 16.0 Å². The molecule has 0 N–H and O–H groups in total. The molecule has 29 heavy (non-hydrogen) atoms. The second-order valence-corrected chi connectivity index (χ2v) is 6.48. The van der Waals surface area contributed by atoms with Crippen molar-refractivity contribution < 1.29 is 4.39 Å². The number of aromatic nitrogens is 3. The van der Waals surface area contributed by atoms with E-state index in [1.807, 2.05) is 6.07 Å². The van der Waals surface area contributed by atoms with Crippen LogP contribution in [-0.4, -0.2) is 14.5 Å². The first-order chi connectivity index (χ1) is 14.1. The van der Waals surface area contributed by atoms with Gasteiger partial charge in [0.2, 0.25) is 0 Å². The van der Waals surface area contributed by atoms with Gasteiger partial charge in [-0.2, -0.15) is 5.26 Å². The van der Waals surface area contributed by atoms with Gasteiger partial charge in [-0.05, 0) is 54.1 Å². The fourth-order valence-electron chi connectivity index (χ4n) is 2.97. The number of hydrogen-bond donors (Lipinski definition) is 0. The van der Waals surface area contributed by atoms with Crippen molar-refractivity contribution in [2.45, 2.75) is 0 Å². The molecule has 0 radical (unpaired) electrons. The van der Waals surface area contributed by atoms with Crippen LogP contribution in [0.3, 0.4) is 0 Å². The van der Waals surface area contributed by atoms with Gasteiger partial charge in [-0.1, -0.05) is 29.8 Å². The second kappa shape index (κ2) is 7.66. The zero-order valence-electron chi connectivity index (χ0n) is 14.9. The summed E-state index contributed by atoms with van der Waals surface area (Å²) in [4.78, 5) is 21.7. The summed E-state index contributed by atoms with van der Waals surface area (Å²) in [5.74, 6) is -0.261. The third-order valence-corrected chi connectivity index (χ3v) is 4.62. The molecule has 2 heterocycles. The van der Waals surface area contributed by atoms with E-state index >= 15 is 0 Å². The quantitative estimate of drug-likeness (QED) is 0.469. The van der Waals surface area contributed by atoms with E-state index in [1.54, 1.807) is 42.5 Å². The molecule has 0 aliphatic carbocycles. The fraction of sp³-hybridized carbons (Fsp3) is 0. The van der Waals surface area contributed by atoms with Crippen molar-refractivity contribution >= 4 is 34.7 Å². The van der Waals surface area contributed by atoms with E-state index in [-0.39, 0.29) is 16.4 Å². The predicted octanol–water partition coefficient (Wildman–Crippen LogP) is 4.62. The normalized spacial score (nSPS) is 11.1. The highest BCUT2D eigenvalue weighted by molar-refractivity contribution is 6.31. The molecule has 140 valence electrons. The number of rotatable bonds is 3. The predicted molar refractivity (Wildman–Crippen MR) is 110 cm³/mol. The Morgan fingerprint density at radius 1 is 1.10 bits per heavy atom. The molecule has 0 saturated carbocycles. The van der Waals surface area contributed by atoms with Crippen LogP contribution in [0, 0.1) is 17.1 Å². The SMILES string of the molecule is N#Cc1ccccc1C=Cc1nc2ccc(F)cc2c(=O)n1-c1cccnc1Cl. The number of fused-ring (bicyclic) bond motifs is 1. The maximum Gasteiger partial charge on any atom is 0.266 e. The van der Waals surface area contributed by atoms with Gasteiger partial charge in [-0.15, -0.1) is 0 Å². The van der Waals surface area contributed by atoms with Crippen LogP contribution in [0.1, 0.15) is 17.0 Å². The van der Waals surface area contributed by atoms with E-state index in [0.717, 1.165) is 6.07 Å². The summed E-state index contributed by atoms with van der Waals surface area (Å²) in [7, 11) is 0. The van der Waals surface area contributed by atoms with E-state index in [9.17, 15) is 14.4 Å². The summed E-state index contributed by atoms with van der Waals surface area (Å²) in [5.41, 5.74) is 1.36. The Morgan fingerprint density at radius 2 is 1.93 bits per heavy atom. The summed E-state index contributed by atoms with van der Waals surface area (Å²) >= 11 is 6.21. The third kappa shape index (κ3) is 3.51. The van der Waals surface area contributed by atoms with Gasteiger partial charge >= 0.3 is 0 Å². The van der Waals surface area contributed by atoms with Gasteiger partial charge in [0, 0.05) is 6.20 Å². The van der Waals surface area contributed by atoms with Crippen molar-refractivity contribution in [2.24, 2.45) is 0 Å². The summed E-state index contributed by atoms with van der Waals surface area (Å²) < 4.78 is 15.0. The van der Waals surface area contributed by atoms with Gasteiger partial charge in [0.25, 0.3) is 5.56 Å². The van der Waals surface area contributed by atoms with E-state index in [1.165, 1.54) is 22.9 Å². The molecule has 0 fully saturated rings. The first-order valence-corrected chi connectivity index (χ1v) is 8.96. The molecule has 0 bridgehead atoms. The standard InChI is InChI=1S/C22H12ClFN4O/c23-21-19(6-3-11-26-21)28-20(10-7-14-4-1-2-5-15(14)13-25)27-18-9-8-16(24)12-17(18)22(28)29/h1-12H. The Morgan fingerprint density at radius 3 is 2.72 bits per heavy atom. The van der Waals surface area contributed by atoms with Crippen LogP contribution in [0.5, 0.6) is 0 Å². The van der Waals surface area contributed by atoms with Gasteiger partial charge in [-0.25, -0.2) is 14.4 Å². The number of nitrogens with zero attached hydrogens (tertiary/aromatic N) is 4. The fourth-order valence-corrected chi connectivity index (χ4v) is 3.18. The minimum atomic E-state index is -0.536. The summed E-state index contributed by atoms with van der Waals surface area (Å²) in [5, 5.41) is 9.52. The van der Waals surface area contributed by atoms with Crippen molar-refractivity contribution in [3.63, 3.8) is 0 Å². The Bertz CT molecular complexity index is 1370. The minimum Gasteiger partial charge on any atom is -0.268 e. The molecule has 0 unspecified atom stereocenters. The van der Waals surface area contributed by atoms with Crippen molar-refractivity contribution in [1.82, 2.24) is 14.5 Å². The Kier molecular flexibility index (Phi) is 4.90. The average Bonchev–Trinajstić information content (AvgIpc) is 2.74. The maximum absolute atomic E-state index is 13.7. The van der Waals surface area contributed by atoms with Crippen LogP contribution in [0.2, 0.25) is 5.15 Å². The maximum atomic E-state index is 13.7. The molecule has 2 aromatic carbocycles. The number of hydrogen-bond acceptors (Lipinski definition) is 4. The lowest BCUT2D eigenvalue weighted by atomic mass is 10.1. The first kappa shape index (κ1) is 18.5. The third-order valence-electron chi connectivity index (χ3n) is 4.33. The van der Waals surface area contributed by atoms with E-state index in [0.29, 0.717) is 22.3 Å². The van der Waals surface area contributed by atoms with Crippen LogP contribution >= 0.6 is 11.6 Å². The second-order valence-electron chi connectivity index (χ2n) is 6.12. The number of pyridine rings is 1. The number of nitriles is 1. The molecule has 0 aliphatic rings. The molecule has 5 nitrogen and oxygen atoms in total. The van der Waals surface area contributed by atoms with Crippen molar-refractivity contribution in [3.05, 3.63) is 99.1 Å². The van der Waals surface area contributed by atoms with Gasteiger partial charge in [-0.3, -0.25) is 9.36 Å². The highest BCUT2D eigenvalue weighted by atomic mass is 35.5. The lowest BCUT2D eigenvalue weighted by molar-refractivity contribution is 0.629. The number of halogens is 2. The smallest absolute Gasteiger partial charge is 0.266 e. The van der Waals surface area contributed by atoms with Gasteiger partial charge in [0.15, 0.2) is 5.15 Å². The van der Waals surface area contributed by atoms with Crippen LogP contribution < -0.4 is 5.56 Å². The highest BCUT2D eigenvalue weighted by Crippen LogP contribution is 2.21. The minimum absolute atomic E-state index is 0.110. The van der Waals surface area contributed by atoms with Crippen LogP contribution in [0.15, 0.2) is 65.6 Å². The van der Waals surface area contributed by atoms with Crippen molar-refractivity contribution in [2.75, 3.05) is 0 Å². The zero-order chi connectivity index (χ0) is 20.4. The van der Waals surface area contributed by atoms with E-state index in [4.69, 9.17) is 11.6 Å². The van der Waals surface area contributed by atoms with Crippen molar-refractivity contribution in [3.8, 4) is 11.8 Å². The first-order valence-electron chi connectivity index (χ1n) is 8.59. The number of benzene rings is 2. The molecule has 2 aromatic heterocycles. The summed E-state index contributed by atoms with van der Waals surface area (Å²) in [6.45, 7) is 0. The molecule has 0 aliphatic heterocycles. The molecule has 0 amide bonds. The topological polar surface area (TPSA) is 71.6 Å². The van der Waals surface area contributed by atoms with Gasteiger partial charge < -0.3 is 0 Å². The molecular weight excluding hydrogens is 391 g/mol. The van der Waals surface area contributed by atoms with Gasteiger partial charge in [0.1, 0.15) is 11.6 Å². The van der Waals surface area contributed by atoms with Crippen LogP contribution in [0.25, 0.3) is 28.7 Å². The van der Waals surface area contributed by atoms with Crippen LogP contribution in [-0.2, 0) is 0 Å². The highest BCUT2D eigenvalue weighted by Gasteiger charge is 2.14. The molecule has 0 spiro atoms. The lowest BCUT2D eigenvalue weighted by Gasteiger charge is -2.12. The van der Waals surface area contributed by atoms with Crippen molar-refractivity contribution in [1.29, 1.82) is 5.26 Å². The van der Waals surface area contributed by atoms with Gasteiger partial charge in [0.05, 0.1) is 28.2 Å². The molecular formula is C22H12ClFN4O. The molecule has 4 aromatic rings. The monoisotopic (exact) mass is 402 g/mol. The largest absolute Gasteiger partial charge is 0.268 e. The Balaban J connectivity index is 2.00. The Hall–Kier alpha value is -3.82.